The summed E-state index contributed by atoms with van der Waals surface area (Å²) in [6.07, 6.45) is 1.49. The summed E-state index contributed by atoms with van der Waals surface area (Å²) < 4.78 is 26.2. The van der Waals surface area contributed by atoms with Gasteiger partial charge in [-0.15, -0.1) is 0 Å². The number of anilines is 1. The molecule has 2 rings (SSSR count). The Labute approximate surface area is 124 Å². The minimum Gasteiger partial charge on any atom is -0.385 e. The third kappa shape index (κ3) is 4.38. The highest BCUT2D eigenvalue weighted by molar-refractivity contribution is 5.47. The molecule has 4 N–H and O–H groups in total. The van der Waals surface area contributed by atoms with Crippen molar-refractivity contribution in [3.63, 3.8) is 0 Å². The predicted molar refractivity (Wildman–Crippen MR) is 80.2 cm³/mol. The molecule has 0 aromatic heterocycles. The molecular weight excluding hydrogens is 274 g/mol. The zero-order valence-electron chi connectivity index (χ0n) is 12.4. The molecule has 3 nitrogen and oxygen atoms in total. The van der Waals surface area contributed by atoms with E-state index in [9.17, 15) is 13.9 Å². The van der Waals surface area contributed by atoms with E-state index < -0.39 is 11.6 Å². The molecule has 1 unspecified atom stereocenters. The smallest absolute Gasteiger partial charge is 0.248 e. The number of alkyl halides is 2. The lowest BCUT2D eigenvalue weighted by molar-refractivity contribution is -0.0443. The molecule has 0 heterocycles. The molecule has 0 saturated heterocycles. The van der Waals surface area contributed by atoms with Crippen LogP contribution >= 0.6 is 0 Å². The number of nitrogens with one attached hydrogen (secondary N) is 1. The molecule has 1 atom stereocenters. The first-order chi connectivity index (χ1) is 9.82. The van der Waals surface area contributed by atoms with E-state index in [1.54, 1.807) is 6.07 Å². The van der Waals surface area contributed by atoms with Crippen molar-refractivity contribution in [2.75, 3.05) is 11.9 Å². The van der Waals surface area contributed by atoms with E-state index in [0.29, 0.717) is 31.4 Å². The number of nitrogens with two attached hydrogens (primary N) is 1. The summed E-state index contributed by atoms with van der Waals surface area (Å²) in [5.41, 5.74) is 6.01. The average molecular weight is 298 g/mol. The minimum atomic E-state index is -2.48. The molecule has 0 spiro atoms. The quantitative estimate of drug-likeness (QED) is 0.730. The van der Waals surface area contributed by atoms with E-state index in [4.69, 9.17) is 5.73 Å². The van der Waals surface area contributed by atoms with Crippen LogP contribution in [-0.4, -0.2) is 17.6 Å². The summed E-state index contributed by atoms with van der Waals surface area (Å²) in [5.74, 6) is -2.20. The van der Waals surface area contributed by atoms with Crippen LogP contribution in [0.4, 0.5) is 14.5 Å². The highest BCUT2D eigenvalue weighted by atomic mass is 19.3. The Bertz CT molecular complexity index is 467. The standard InChI is InChI=1S/C16H24F2N2O/c1-2-16(19,21)13-4-3-5-14(10-13)20-11-12-6-8-15(17,18)9-7-12/h3-5,10,12,20-21H,2,6-9,11,19H2,1H3. The van der Waals surface area contributed by atoms with Crippen LogP contribution in [0.25, 0.3) is 0 Å². The van der Waals surface area contributed by atoms with Gasteiger partial charge in [-0.05, 0) is 37.3 Å². The maximum atomic E-state index is 13.1. The molecule has 1 aliphatic rings. The van der Waals surface area contributed by atoms with Gasteiger partial charge < -0.3 is 10.4 Å². The lowest BCUT2D eigenvalue weighted by Crippen LogP contribution is -2.35. The molecule has 0 bridgehead atoms. The molecular formula is C16H24F2N2O. The van der Waals surface area contributed by atoms with E-state index in [1.165, 1.54) is 0 Å². The highest BCUT2D eigenvalue weighted by Gasteiger charge is 2.34. The lowest BCUT2D eigenvalue weighted by atomic mass is 9.87. The van der Waals surface area contributed by atoms with Gasteiger partial charge in [-0.3, -0.25) is 5.73 Å². The van der Waals surface area contributed by atoms with Gasteiger partial charge in [-0.1, -0.05) is 19.1 Å². The maximum absolute atomic E-state index is 13.1. The van der Waals surface area contributed by atoms with Gasteiger partial charge in [0.15, 0.2) is 0 Å². The Kier molecular flexibility index (Phi) is 4.84. The van der Waals surface area contributed by atoms with Gasteiger partial charge in [-0.2, -0.15) is 0 Å². The van der Waals surface area contributed by atoms with Crippen molar-refractivity contribution in [1.29, 1.82) is 0 Å². The molecule has 118 valence electrons. The fraction of sp³-hybridized carbons (Fsp3) is 0.625. The summed E-state index contributed by atoms with van der Waals surface area (Å²) >= 11 is 0. The molecule has 1 saturated carbocycles. The van der Waals surface area contributed by atoms with Crippen molar-refractivity contribution in [3.8, 4) is 0 Å². The third-order valence-electron chi connectivity index (χ3n) is 4.33. The number of rotatable bonds is 5. The third-order valence-corrected chi connectivity index (χ3v) is 4.33. The Morgan fingerprint density at radius 1 is 1.38 bits per heavy atom. The average Bonchev–Trinajstić information content (AvgIpc) is 2.46. The Morgan fingerprint density at radius 2 is 2.05 bits per heavy atom. The molecule has 1 aromatic carbocycles. The van der Waals surface area contributed by atoms with E-state index in [2.05, 4.69) is 5.32 Å². The monoisotopic (exact) mass is 298 g/mol. The van der Waals surface area contributed by atoms with Crippen LogP contribution in [0.15, 0.2) is 24.3 Å². The van der Waals surface area contributed by atoms with E-state index >= 15 is 0 Å². The number of aliphatic hydroxyl groups is 1. The first-order valence-electron chi connectivity index (χ1n) is 7.56. The second-order valence-corrected chi connectivity index (χ2v) is 6.04. The molecule has 0 amide bonds. The zero-order valence-corrected chi connectivity index (χ0v) is 12.4. The van der Waals surface area contributed by atoms with Gasteiger partial charge in [-0.25, -0.2) is 8.78 Å². The lowest BCUT2D eigenvalue weighted by Gasteiger charge is -2.28. The van der Waals surface area contributed by atoms with Crippen molar-refractivity contribution in [1.82, 2.24) is 0 Å². The number of hydrogen-bond acceptors (Lipinski definition) is 3. The maximum Gasteiger partial charge on any atom is 0.248 e. The Hall–Kier alpha value is -1.20. The largest absolute Gasteiger partial charge is 0.385 e. The summed E-state index contributed by atoms with van der Waals surface area (Å²) in [4.78, 5) is 0. The summed E-state index contributed by atoms with van der Waals surface area (Å²) in [6.45, 7) is 2.50. The van der Waals surface area contributed by atoms with Crippen molar-refractivity contribution in [3.05, 3.63) is 29.8 Å². The van der Waals surface area contributed by atoms with Crippen LogP contribution < -0.4 is 11.1 Å². The molecule has 21 heavy (non-hydrogen) atoms. The van der Waals surface area contributed by atoms with E-state index in [0.717, 1.165) is 5.69 Å². The van der Waals surface area contributed by atoms with Crippen molar-refractivity contribution in [2.24, 2.45) is 11.7 Å². The number of halogens is 2. The summed E-state index contributed by atoms with van der Waals surface area (Å²) in [5, 5.41) is 13.3. The Balaban J connectivity index is 1.91. The molecule has 1 aromatic rings. The molecule has 1 fully saturated rings. The van der Waals surface area contributed by atoms with Crippen LogP contribution in [-0.2, 0) is 5.72 Å². The SMILES string of the molecule is CCC(N)(O)c1cccc(NCC2CCC(F)(F)CC2)c1. The minimum absolute atomic E-state index is 0.0161. The zero-order chi connectivity index (χ0) is 15.5. The Morgan fingerprint density at radius 3 is 2.67 bits per heavy atom. The molecule has 0 radical (unpaired) electrons. The fourth-order valence-electron chi connectivity index (χ4n) is 2.67. The normalized spacial score (nSPS) is 21.8. The van der Waals surface area contributed by atoms with Crippen LogP contribution in [0.3, 0.4) is 0 Å². The van der Waals surface area contributed by atoms with Crippen LogP contribution in [0.1, 0.15) is 44.6 Å². The van der Waals surface area contributed by atoms with E-state index in [1.807, 2.05) is 25.1 Å². The van der Waals surface area contributed by atoms with Crippen molar-refractivity contribution < 1.29 is 13.9 Å². The predicted octanol–water partition coefficient (Wildman–Crippen LogP) is 3.44. The van der Waals surface area contributed by atoms with Gasteiger partial charge in [0, 0.05) is 30.6 Å². The van der Waals surface area contributed by atoms with Gasteiger partial charge in [0.05, 0.1) is 0 Å². The first kappa shape index (κ1) is 16.2. The second-order valence-electron chi connectivity index (χ2n) is 6.04. The van der Waals surface area contributed by atoms with Crippen LogP contribution in [0.5, 0.6) is 0 Å². The first-order valence-corrected chi connectivity index (χ1v) is 7.56. The number of hydrogen-bond donors (Lipinski definition) is 3. The van der Waals surface area contributed by atoms with Crippen LogP contribution in [0.2, 0.25) is 0 Å². The summed E-state index contributed by atoms with van der Waals surface area (Å²) in [7, 11) is 0. The van der Waals surface area contributed by atoms with Gasteiger partial charge in [0.2, 0.25) is 5.92 Å². The van der Waals surface area contributed by atoms with Gasteiger partial charge in [0.25, 0.3) is 0 Å². The molecule has 0 aliphatic heterocycles. The van der Waals surface area contributed by atoms with Gasteiger partial charge in [0.1, 0.15) is 5.72 Å². The number of benzene rings is 1. The van der Waals surface area contributed by atoms with E-state index in [-0.39, 0.29) is 18.8 Å². The highest BCUT2D eigenvalue weighted by Crippen LogP contribution is 2.36. The summed E-state index contributed by atoms with van der Waals surface area (Å²) in [6, 6.07) is 7.34. The van der Waals surface area contributed by atoms with Crippen molar-refractivity contribution >= 4 is 5.69 Å². The molecule has 5 heteroatoms. The second kappa shape index (κ2) is 6.28. The topological polar surface area (TPSA) is 58.3 Å². The molecule has 1 aliphatic carbocycles. The van der Waals surface area contributed by atoms with Gasteiger partial charge >= 0.3 is 0 Å². The van der Waals surface area contributed by atoms with Crippen LogP contribution in [0, 0.1) is 5.92 Å². The fourth-order valence-corrected chi connectivity index (χ4v) is 2.67. The van der Waals surface area contributed by atoms with Crippen molar-refractivity contribution in [2.45, 2.75) is 50.7 Å².